The molecule has 1 saturated heterocycles. The number of rotatable bonds is 5. The van der Waals surface area contributed by atoms with Crippen LogP contribution in [0.4, 0.5) is 5.69 Å². The Morgan fingerprint density at radius 3 is 2.88 bits per heavy atom. The fourth-order valence-corrected chi connectivity index (χ4v) is 2.91. The Balaban J connectivity index is 1.70. The summed E-state index contributed by atoms with van der Waals surface area (Å²) in [6.45, 7) is 0.696. The third kappa shape index (κ3) is 3.68. The van der Waals surface area contributed by atoms with E-state index in [0.29, 0.717) is 25.1 Å². The van der Waals surface area contributed by atoms with Crippen LogP contribution in [0.3, 0.4) is 0 Å². The minimum atomic E-state index is -0.582. The molecule has 1 aromatic heterocycles. The Kier molecular flexibility index (Phi) is 4.78. The first-order valence-electron chi connectivity index (χ1n) is 7.92. The summed E-state index contributed by atoms with van der Waals surface area (Å²) in [5.41, 5.74) is 0.0591. The van der Waals surface area contributed by atoms with Gasteiger partial charge in [0.15, 0.2) is 0 Å². The van der Waals surface area contributed by atoms with Gasteiger partial charge in [0.25, 0.3) is 11.6 Å². The molecule has 1 N–H and O–H groups in total. The van der Waals surface area contributed by atoms with Gasteiger partial charge in [0.1, 0.15) is 11.8 Å². The normalized spacial score (nSPS) is 16.6. The second-order valence-electron chi connectivity index (χ2n) is 5.76. The minimum Gasteiger partial charge on any atom is -0.467 e. The molecule has 1 atom stereocenters. The number of furan rings is 1. The molecule has 2 amide bonds. The van der Waals surface area contributed by atoms with E-state index in [9.17, 15) is 19.7 Å². The van der Waals surface area contributed by atoms with Crippen molar-refractivity contribution in [2.45, 2.75) is 25.4 Å². The van der Waals surface area contributed by atoms with Gasteiger partial charge < -0.3 is 14.6 Å². The van der Waals surface area contributed by atoms with E-state index in [1.54, 1.807) is 12.1 Å². The standard InChI is InChI=1S/C17H17N3O5/c21-16(18-11-14-6-3-9-25-14)15-7-2-8-19(15)17(22)12-4-1-5-13(10-12)20(23)24/h1,3-6,9-10,15H,2,7-8,11H2,(H,18,21). The molecule has 0 bridgehead atoms. The number of nitrogens with zero attached hydrogens (tertiary/aromatic N) is 2. The summed E-state index contributed by atoms with van der Waals surface area (Å²) in [6.07, 6.45) is 2.79. The van der Waals surface area contributed by atoms with Crippen molar-refractivity contribution in [2.24, 2.45) is 0 Å². The van der Waals surface area contributed by atoms with Crippen LogP contribution in [0.2, 0.25) is 0 Å². The molecule has 1 aliphatic heterocycles. The lowest BCUT2D eigenvalue weighted by atomic mass is 10.1. The van der Waals surface area contributed by atoms with Gasteiger partial charge in [-0.2, -0.15) is 0 Å². The van der Waals surface area contributed by atoms with Gasteiger partial charge in [-0.3, -0.25) is 19.7 Å². The molecule has 3 rings (SSSR count). The van der Waals surface area contributed by atoms with Gasteiger partial charge in [0.2, 0.25) is 5.91 Å². The first-order valence-corrected chi connectivity index (χ1v) is 7.92. The molecule has 0 spiro atoms. The summed E-state index contributed by atoms with van der Waals surface area (Å²) >= 11 is 0. The number of non-ortho nitro benzene ring substituents is 1. The Labute approximate surface area is 143 Å². The summed E-state index contributed by atoms with van der Waals surface area (Å²) < 4.78 is 5.17. The van der Waals surface area contributed by atoms with Gasteiger partial charge >= 0.3 is 0 Å². The van der Waals surface area contributed by atoms with Crippen LogP contribution in [0.25, 0.3) is 0 Å². The van der Waals surface area contributed by atoms with Crippen molar-refractivity contribution >= 4 is 17.5 Å². The van der Waals surface area contributed by atoms with Gasteiger partial charge in [-0.25, -0.2) is 0 Å². The van der Waals surface area contributed by atoms with E-state index in [2.05, 4.69) is 5.32 Å². The maximum absolute atomic E-state index is 12.7. The van der Waals surface area contributed by atoms with E-state index in [1.165, 1.54) is 35.4 Å². The highest BCUT2D eigenvalue weighted by Gasteiger charge is 2.34. The first kappa shape index (κ1) is 16.7. The fourth-order valence-electron chi connectivity index (χ4n) is 2.91. The molecule has 0 radical (unpaired) electrons. The van der Waals surface area contributed by atoms with Crippen LogP contribution in [0.5, 0.6) is 0 Å². The number of hydrogen-bond donors (Lipinski definition) is 1. The predicted molar refractivity (Wildman–Crippen MR) is 87.7 cm³/mol. The second-order valence-corrected chi connectivity index (χ2v) is 5.76. The third-order valence-electron chi connectivity index (χ3n) is 4.14. The molecule has 8 nitrogen and oxygen atoms in total. The largest absolute Gasteiger partial charge is 0.467 e. The highest BCUT2D eigenvalue weighted by molar-refractivity contribution is 5.98. The average Bonchev–Trinajstić information content (AvgIpc) is 3.30. The first-order chi connectivity index (χ1) is 12.1. The molecule has 130 valence electrons. The molecule has 25 heavy (non-hydrogen) atoms. The van der Waals surface area contributed by atoms with E-state index in [1.807, 2.05) is 0 Å². The lowest BCUT2D eigenvalue weighted by molar-refractivity contribution is -0.384. The second kappa shape index (κ2) is 7.16. The fraction of sp³-hybridized carbons (Fsp3) is 0.294. The molecule has 1 unspecified atom stereocenters. The minimum absolute atomic E-state index is 0.149. The van der Waals surface area contributed by atoms with E-state index in [4.69, 9.17) is 4.42 Å². The van der Waals surface area contributed by atoms with Gasteiger partial charge in [-0.05, 0) is 31.0 Å². The van der Waals surface area contributed by atoms with Crippen molar-refractivity contribution in [3.05, 3.63) is 64.1 Å². The lowest BCUT2D eigenvalue weighted by Gasteiger charge is -2.23. The van der Waals surface area contributed by atoms with Crippen LogP contribution in [0.1, 0.15) is 29.0 Å². The number of nitro benzene ring substituents is 1. The van der Waals surface area contributed by atoms with E-state index >= 15 is 0 Å². The summed E-state index contributed by atoms with van der Waals surface area (Å²) in [7, 11) is 0. The van der Waals surface area contributed by atoms with Crippen LogP contribution < -0.4 is 5.32 Å². The van der Waals surface area contributed by atoms with Gasteiger partial charge in [0.05, 0.1) is 17.7 Å². The Morgan fingerprint density at radius 1 is 1.32 bits per heavy atom. The Hall–Kier alpha value is -3.16. The molecule has 2 aromatic rings. The van der Waals surface area contributed by atoms with Crippen LogP contribution in [0.15, 0.2) is 47.1 Å². The summed E-state index contributed by atoms with van der Waals surface area (Å²) in [4.78, 5) is 36.9. The zero-order valence-corrected chi connectivity index (χ0v) is 13.4. The van der Waals surface area contributed by atoms with Gasteiger partial charge in [-0.15, -0.1) is 0 Å². The SMILES string of the molecule is O=C(NCc1ccco1)C1CCCN1C(=O)c1cccc([N+](=O)[O-])c1. The number of nitrogens with one attached hydrogen (secondary N) is 1. The third-order valence-corrected chi connectivity index (χ3v) is 4.14. The molecule has 1 fully saturated rings. The van der Waals surface area contributed by atoms with Crippen LogP contribution in [-0.4, -0.2) is 34.2 Å². The van der Waals surface area contributed by atoms with Crippen LogP contribution in [0, 0.1) is 10.1 Å². The van der Waals surface area contributed by atoms with Crippen LogP contribution >= 0.6 is 0 Å². The molecule has 0 saturated carbocycles. The number of carbonyl (C=O) groups is 2. The monoisotopic (exact) mass is 343 g/mol. The summed E-state index contributed by atoms with van der Waals surface area (Å²) in [6, 6.07) is 8.45. The van der Waals surface area contributed by atoms with E-state index in [-0.39, 0.29) is 29.6 Å². The number of nitro groups is 1. The number of benzene rings is 1. The van der Waals surface area contributed by atoms with E-state index in [0.717, 1.165) is 0 Å². The Bertz CT molecular complexity index is 787. The van der Waals surface area contributed by atoms with Crippen LogP contribution in [-0.2, 0) is 11.3 Å². The van der Waals surface area contributed by atoms with Crippen molar-refractivity contribution < 1.29 is 18.9 Å². The van der Waals surface area contributed by atoms with Crippen molar-refractivity contribution in [3.63, 3.8) is 0 Å². The van der Waals surface area contributed by atoms with Crippen molar-refractivity contribution in [2.75, 3.05) is 6.54 Å². The molecule has 0 aliphatic carbocycles. The number of carbonyl (C=O) groups excluding carboxylic acids is 2. The van der Waals surface area contributed by atoms with Crippen molar-refractivity contribution in [3.8, 4) is 0 Å². The van der Waals surface area contributed by atoms with E-state index < -0.39 is 11.0 Å². The molecular weight excluding hydrogens is 326 g/mol. The topological polar surface area (TPSA) is 106 Å². The zero-order valence-electron chi connectivity index (χ0n) is 13.4. The Morgan fingerprint density at radius 2 is 2.16 bits per heavy atom. The number of hydrogen-bond acceptors (Lipinski definition) is 5. The lowest BCUT2D eigenvalue weighted by Crippen LogP contribution is -2.45. The van der Waals surface area contributed by atoms with Gasteiger partial charge in [-0.1, -0.05) is 6.07 Å². The maximum atomic E-state index is 12.7. The average molecular weight is 343 g/mol. The van der Waals surface area contributed by atoms with Gasteiger partial charge in [0, 0.05) is 24.2 Å². The number of likely N-dealkylation sites (tertiary alicyclic amines) is 1. The van der Waals surface area contributed by atoms with Crippen molar-refractivity contribution in [1.29, 1.82) is 0 Å². The molecule has 1 aliphatic rings. The zero-order chi connectivity index (χ0) is 17.8. The highest BCUT2D eigenvalue weighted by Crippen LogP contribution is 2.22. The van der Waals surface area contributed by atoms with Crippen molar-refractivity contribution in [1.82, 2.24) is 10.2 Å². The summed E-state index contributed by atoms with van der Waals surface area (Å²) in [5.74, 6) is -0.00469. The molecule has 2 heterocycles. The molecular formula is C17H17N3O5. The summed E-state index contributed by atoms with van der Waals surface area (Å²) in [5, 5.41) is 13.6. The predicted octanol–water partition coefficient (Wildman–Crippen LogP) is 2.11. The molecule has 1 aromatic carbocycles. The quantitative estimate of drug-likeness (QED) is 0.661. The highest BCUT2D eigenvalue weighted by atomic mass is 16.6. The number of amides is 2. The smallest absolute Gasteiger partial charge is 0.270 e. The molecule has 8 heteroatoms. The maximum Gasteiger partial charge on any atom is 0.270 e.